The summed E-state index contributed by atoms with van der Waals surface area (Å²) in [6.07, 6.45) is 5.00. The highest BCUT2D eigenvalue weighted by Crippen LogP contribution is 2.40. The maximum atomic E-state index is 12.5. The molecule has 2 N–H and O–H groups in total. The van der Waals surface area contributed by atoms with E-state index in [0.29, 0.717) is 34.1 Å². The Morgan fingerprint density at radius 3 is 1.86 bits per heavy atom. The number of hydrogen-bond acceptors (Lipinski definition) is 9. The number of aliphatic imine (C=N–C) groups is 1. The first-order chi connectivity index (χ1) is 17.8. The van der Waals surface area contributed by atoms with Crippen LogP contribution in [0.1, 0.15) is 27.9 Å². The smallest absolute Gasteiger partial charge is 0.203 e. The number of nitrogens with zero attached hydrogens (tertiary/aromatic N) is 1. The van der Waals surface area contributed by atoms with Gasteiger partial charge in [-0.2, -0.15) is 0 Å². The second-order valence-electron chi connectivity index (χ2n) is 7.71. The molecule has 0 aromatic heterocycles. The Kier molecular flexibility index (Phi) is 8.99. The van der Waals surface area contributed by atoms with Gasteiger partial charge in [-0.25, -0.2) is 0 Å². The molecular formula is C28H29NO8. The van der Waals surface area contributed by atoms with Crippen LogP contribution in [-0.4, -0.2) is 57.8 Å². The summed E-state index contributed by atoms with van der Waals surface area (Å²) in [6.45, 7) is 0. The molecule has 3 rings (SSSR count). The van der Waals surface area contributed by atoms with Crippen molar-refractivity contribution >= 4 is 29.8 Å². The number of benzene rings is 3. The van der Waals surface area contributed by atoms with E-state index in [2.05, 4.69) is 4.99 Å². The van der Waals surface area contributed by atoms with Crippen molar-refractivity contribution in [2.75, 3.05) is 35.5 Å². The maximum absolute atomic E-state index is 12.5. The first-order valence-electron chi connectivity index (χ1n) is 11.2. The number of methoxy groups -OCH3 is 5. The third kappa shape index (κ3) is 6.32. The fourth-order valence-electron chi connectivity index (χ4n) is 3.62. The average molecular weight is 508 g/mol. The largest absolute Gasteiger partial charge is 0.504 e. The minimum absolute atomic E-state index is 0.0266. The van der Waals surface area contributed by atoms with Crippen molar-refractivity contribution in [2.24, 2.45) is 4.99 Å². The summed E-state index contributed by atoms with van der Waals surface area (Å²) in [6, 6.07) is 11.3. The second-order valence-corrected chi connectivity index (χ2v) is 7.71. The van der Waals surface area contributed by atoms with Crippen LogP contribution in [0, 0.1) is 0 Å². The van der Waals surface area contributed by atoms with Crippen molar-refractivity contribution in [1.82, 2.24) is 0 Å². The Morgan fingerprint density at radius 1 is 0.730 bits per heavy atom. The Hall–Kier alpha value is -4.66. The molecule has 0 aliphatic carbocycles. The third-order valence-electron chi connectivity index (χ3n) is 5.44. The predicted octanol–water partition coefficient (Wildman–Crippen LogP) is 5.29. The van der Waals surface area contributed by atoms with Crippen molar-refractivity contribution < 1.29 is 38.7 Å². The molecular weight excluding hydrogens is 478 g/mol. The third-order valence-corrected chi connectivity index (χ3v) is 5.44. The van der Waals surface area contributed by atoms with Crippen LogP contribution in [0.5, 0.6) is 40.2 Å². The van der Waals surface area contributed by atoms with Crippen LogP contribution in [0.4, 0.5) is 5.69 Å². The molecule has 0 fully saturated rings. The Bertz CT molecular complexity index is 1300. The van der Waals surface area contributed by atoms with Crippen LogP contribution in [-0.2, 0) is 0 Å². The minimum Gasteiger partial charge on any atom is -0.504 e. The lowest BCUT2D eigenvalue weighted by molar-refractivity contribution is 0.100. The van der Waals surface area contributed by atoms with Crippen molar-refractivity contribution in [2.45, 2.75) is 6.42 Å². The fourth-order valence-corrected chi connectivity index (χ4v) is 3.62. The highest BCUT2D eigenvalue weighted by molar-refractivity contribution is 6.04. The number of ether oxygens (including phenoxy) is 5. The molecule has 0 amide bonds. The van der Waals surface area contributed by atoms with Crippen molar-refractivity contribution in [3.05, 3.63) is 59.2 Å². The Balaban J connectivity index is 1.84. The van der Waals surface area contributed by atoms with Gasteiger partial charge in [0.25, 0.3) is 0 Å². The summed E-state index contributed by atoms with van der Waals surface area (Å²) >= 11 is 0. The molecule has 0 unspecified atom stereocenters. The van der Waals surface area contributed by atoms with E-state index in [1.165, 1.54) is 45.7 Å². The zero-order valence-electron chi connectivity index (χ0n) is 21.3. The lowest BCUT2D eigenvalue weighted by Gasteiger charge is -2.13. The first kappa shape index (κ1) is 26.9. The van der Waals surface area contributed by atoms with E-state index in [-0.39, 0.29) is 35.2 Å². The lowest BCUT2D eigenvalue weighted by Crippen LogP contribution is -1.99. The second kappa shape index (κ2) is 12.3. The monoisotopic (exact) mass is 507 g/mol. The number of carbonyl (C=O) groups excluding carboxylic acids is 1. The van der Waals surface area contributed by atoms with Gasteiger partial charge in [-0.05, 0) is 53.6 Å². The van der Waals surface area contributed by atoms with Crippen LogP contribution in [0.25, 0.3) is 12.2 Å². The van der Waals surface area contributed by atoms with Gasteiger partial charge in [-0.1, -0.05) is 12.2 Å². The van der Waals surface area contributed by atoms with Gasteiger partial charge >= 0.3 is 0 Å². The van der Waals surface area contributed by atoms with Gasteiger partial charge < -0.3 is 33.9 Å². The van der Waals surface area contributed by atoms with E-state index in [1.54, 1.807) is 44.6 Å². The van der Waals surface area contributed by atoms with E-state index in [9.17, 15) is 15.0 Å². The van der Waals surface area contributed by atoms with E-state index >= 15 is 0 Å². The molecule has 37 heavy (non-hydrogen) atoms. The maximum Gasteiger partial charge on any atom is 0.203 e. The minimum atomic E-state index is -0.247. The quantitative estimate of drug-likeness (QED) is 0.204. The molecule has 0 bridgehead atoms. The number of rotatable bonds is 11. The highest BCUT2D eigenvalue weighted by Gasteiger charge is 2.13. The van der Waals surface area contributed by atoms with Crippen LogP contribution in [0.15, 0.2) is 47.5 Å². The molecule has 9 nitrogen and oxygen atoms in total. The van der Waals surface area contributed by atoms with Crippen LogP contribution >= 0.6 is 0 Å². The Morgan fingerprint density at radius 2 is 1.32 bits per heavy atom. The first-order valence-corrected chi connectivity index (χ1v) is 11.2. The van der Waals surface area contributed by atoms with Gasteiger partial charge in [-0.15, -0.1) is 0 Å². The SMILES string of the molecule is COc1ccc(C(=O)CC=Nc2cc(/C=C\c3cc(OC)c(OC)c(OC)c3)cc(O)c2OC)cc1O. The van der Waals surface area contributed by atoms with Gasteiger partial charge in [0.05, 0.1) is 35.5 Å². The number of aromatic hydroxyl groups is 2. The molecule has 0 aliphatic heterocycles. The topological polar surface area (TPSA) is 116 Å². The highest BCUT2D eigenvalue weighted by atomic mass is 16.5. The number of ketones is 1. The molecule has 0 heterocycles. The van der Waals surface area contributed by atoms with Crippen molar-refractivity contribution in [3.63, 3.8) is 0 Å². The molecule has 0 aliphatic rings. The molecule has 3 aromatic carbocycles. The Labute approximate surface area is 215 Å². The number of phenols is 2. The summed E-state index contributed by atoms with van der Waals surface area (Å²) < 4.78 is 26.4. The molecule has 0 radical (unpaired) electrons. The lowest BCUT2D eigenvalue weighted by atomic mass is 10.1. The van der Waals surface area contributed by atoms with Gasteiger partial charge in [0.2, 0.25) is 5.75 Å². The van der Waals surface area contributed by atoms with Gasteiger partial charge in [0, 0.05) is 18.2 Å². The number of Topliss-reactive ketones (excluding diaryl/α,β-unsaturated/α-hetero) is 1. The van der Waals surface area contributed by atoms with Crippen LogP contribution in [0.2, 0.25) is 0 Å². The molecule has 0 spiro atoms. The average Bonchev–Trinajstić information content (AvgIpc) is 2.90. The van der Waals surface area contributed by atoms with Gasteiger partial charge in [-0.3, -0.25) is 9.79 Å². The zero-order valence-corrected chi connectivity index (χ0v) is 21.3. The number of carbonyl (C=O) groups is 1. The van der Waals surface area contributed by atoms with E-state index in [4.69, 9.17) is 23.7 Å². The summed E-state index contributed by atoms with van der Waals surface area (Å²) in [5.74, 6) is 1.50. The predicted molar refractivity (Wildman–Crippen MR) is 141 cm³/mol. The normalized spacial score (nSPS) is 11.1. The van der Waals surface area contributed by atoms with Crippen molar-refractivity contribution in [3.8, 4) is 40.2 Å². The van der Waals surface area contributed by atoms with Crippen LogP contribution in [0.3, 0.4) is 0 Å². The number of hydrogen-bond donors (Lipinski definition) is 2. The van der Waals surface area contributed by atoms with Crippen molar-refractivity contribution in [1.29, 1.82) is 0 Å². The van der Waals surface area contributed by atoms with E-state index in [1.807, 2.05) is 6.08 Å². The molecule has 9 heteroatoms. The standard InChI is InChI=1S/C28H29NO8/c1-33-24-9-8-19(16-22(24)31)21(30)10-11-29-20-12-17(13-23(32)27(20)36-4)6-7-18-14-25(34-2)28(37-5)26(15-18)35-3/h6-9,11-16,31-32H,10H2,1-5H3/b7-6-,29-11?. The molecule has 0 saturated heterocycles. The molecule has 194 valence electrons. The van der Waals surface area contributed by atoms with E-state index in [0.717, 1.165) is 5.56 Å². The zero-order chi connectivity index (χ0) is 26.9. The fraction of sp³-hybridized carbons (Fsp3) is 0.214. The summed E-state index contributed by atoms with van der Waals surface area (Å²) in [5.41, 5.74) is 2.09. The van der Waals surface area contributed by atoms with E-state index < -0.39 is 0 Å². The molecule has 3 aromatic rings. The molecule has 0 saturated carbocycles. The number of phenolic OH excluding ortho intramolecular Hbond substituents is 2. The van der Waals surface area contributed by atoms with Gasteiger partial charge in [0.1, 0.15) is 5.69 Å². The summed E-state index contributed by atoms with van der Waals surface area (Å²) in [4.78, 5) is 16.9. The molecule has 0 atom stereocenters. The van der Waals surface area contributed by atoms with Gasteiger partial charge in [0.15, 0.2) is 40.3 Å². The summed E-state index contributed by atoms with van der Waals surface area (Å²) in [7, 11) is 7.47. The van der Waals surface area contributed by atoms with Crippen LogP contribution < -0.4 is 23.7 Å². The summed E-state index contributed by atoms with van der Waals surface area (Å²) in [5, 5.41) is 20.4.